The predicted molar refractivity (Wildman–Crippen MR) is 106 cm³/mol. The van der Waals surface area contributed by atoms with E-state index in [-0.39, 0.29) is 0 Å². The third kappa shape index (κ3) is 4.11. The van der Waals surface area contributed by atoms with Gasteiger partial charge in [0.05, 0.1) is 0 Å². The van der Waals surface area contributed by atoms with Gasteiger partial charge in [-0.2, -0.15) is 0 Å². The fourth-order valence-electron chi connectivity index (χ4n) is 3.28. The largest absolute Gasteiger partial charge is 0.371 e. The van der Waals surface area contributed by atoms with Gasteiger partial charge in [0.15, 0.2) is 0 Å². The first-order chi connectivity index (χ1) is 11.3. The van der Waals surface area contributed by atoms with Crippen LogP contribution in [-0.2, 0) is 0 Å². The Bertz CT molecular complexity index is 639. The molecule has 2 rings (SSSR count). The molecule has 0 aliphatic carbocycles. The highest BCUT2D eigenvalue weighted by Gasteiger charge is 2.26. The summed E-state index contributed by atoms with van der Waals surface area (Å²) in [5.74, 6) is 0.509. The zero-order valence-electron chi connectivity index (χ0n) is 16.0. The van der Waals surface area contributed by atoms with Crippen LogP contribution in [0.2, 0.25) is 0 Å². The molecular weight excluding hydrogens is 292 g/mol. The quantitative estimate of drug-likeness (QED) is 0.696. The maximum Gasteiger partial charge on any atom is 0.0437 e. The molecule has 1 saturated heterocycles. The van der Waals surface area contributed by atoms with Crippen LogP contribution in [0.1, 0.15) is 38.8 Å². The first-order valence-corrected chi connectivity index (χ1v) is 8.94. The van der Waals surface area contributed by atoms with Crippen molar-refractivity contribution >= 4 is 6.08 Å². The monoisotopic (exact) mass is 324 g/mol. The van der Waals surface area contributed by atoms with Gasteiger partial charge in [0.1, 0.15) is 0 Å². The smallest absolute Gasteiger partial charge is 0.0437 e. The van der Waals surface area contributed by atoms with Crippen molar-refractivity contribution in [3.63, 3.8) is 0 Å². The fraction of sp³-hybridized carbons (Fsp3) is 0.455. The van der Waals surface area contributed by atoms with Crippen molar-refractivity contribution in [1.29, 1.82) is 0 Å². The molecule has 0 bridgehead atoms. The number of allylic oxidation sites excluding steroid dienone is 2. The summed E-state index contributed by atoms with van der Waals surface area (Å²) in [5, 5.41) is 0. The second-order valence-electron chi connectivity index (χ2n) is 7.27. The van der Waals surface area contributed by atoms with Gasteiger partial charge in [0.2, 0.25) is 0 Å². The van der Waals surface area contributed by atoms with Gasteiger partial charge in [0, 0.05) is 37.1 Å². The molecule has 1 heterocycles. The number of rotatable bonds is 5. The molecule has 0 radical (unpaired) electrons. The standard InChI is InChI=1S/C22H32N2/c1-16(2)20(6)23-12-13-24(19(5)15-23)21(7)18(4)14-22-11-9-8-10-17(22)3/h8-11,14,16,19H,6-7,12-13,15H2,1-5H3/b18-14+/t19-/m0/s1. The predicted octanol–water partition coefficient (Wildman–Crippen LogP) is 5.09. The van der Waals surface area contributed by atoms with E-state index in [4.69, 9.17) is 0 Å². The molecule has 0 spiro atoms. The summed E-state index contributed by atoms with van der Waals surface area (Å²) in [6.07, 6.45) is 2.25. The van der Waals surface area contributed by atoms with Crippen LogP contribution < -0.4 is 0 Å². The van der Waals surface area contributed by atoms with Crippen molar-refractivity contribution < 1.29 is 0 Å². The maximum atomic E-state index is 4.38. The zero-order chi connectivity index (χ0) is 17.9. The van der Waals surface area contributed by atoms with Gasteiger partial charge in [-0.1, -0.05) is 51.3 Å². The molecule has 1 aliphatic heterocycles. The lowest BCUT2D eigenvalue weighted by Gasteiger charge is -2.44. The van der Waals surface area contributed by atoms with E-state index in [1.807, 2.05) is 0 Å². The van der Waals surface area contributed by atoms with Crippen LogP contribution in [0.5, 0.6) is 0 Å². The third-order valence-corrected chi connectivity index (χ3v) is 5.06. The minimum Gasteiger partial charge on any atom is -0.371 e. The average molecular weight is 325 g/mol. The number of nitrogens with zero attached hydrogens (tertiary/aromatic N) is 2. The molecule has 0 aromatic heterocycles. The van der Waals surface area contributed by atoms with Crippen LogP contribution in [0, 0.1) is 12.8 Å². The van der Waals surface area contributed by atoms with Gasteiger partial charge < -0.3 is 9.80 Å². The first kappa shape index (κ1) is 18.4. The Balaban J connectivity index is 2.08. The van der Waals surface area contributed by atoms with Crippen molar-refractivity contribution in [2.75, 3.05) is 19.6 Å². The molecular formula is C22H32N2. The number of benzene rings is 1. The van der Waals surface area contributed by atoms with Crippen molar-refractivity contribution in [3.8, 4) is 0 Å². The Kier molecular flexibility index (Phi) is 5.93. The lowest BCUT2D eigenvalue weighted by Crippen LogP contribution is -2.51. The zero-order valence-corrected chi connectivity index (χ0v) is 16.0. The highest BCUT2D eigenvalue weighted by atomic mass is 15.3. The van der Waals surface area contributed by atoms with E-state index in [0.29, 0.717) is 12.0 Å². The summed E-state index contributed by atoms with van der Waals surface area (Å²) in [5.41, 5.74) is 6.21. The Hall–Kier alpha value is -1.96. The Morgan fingerprint density at radius 1 is 1.21 bits per heavy atom. The minimum absolute atomic E-state index is 0.446. The van der Waals surface area contributed by atoms with E-state index in [0.717, 1.165) is 25.3 Å². The highest BCUT2D eigenvalue weighted by Crippen LogP contribution is 2.25. The molecule has 1 atom stereocenters. The van der Waals surface area contributed by atoms with Crippen molar-refractivity contribution in [2.24, 2.45) is 5.92 Å². The average Bonchev–Trinajstić information content (AvgIpc) is 2.55. The topological polar surface area (TPSA) is 6.48 Å². The van der Waals surface area contributed by atoms with E-state index in [9.17, 15) is 0 Å². The molecule has 0 saturated carbocycles. The molecule has 0 N–H and O–H groups in total. The molecule has 1 aliphatic rings. The van der Waals surface area contributed by atoms with Gasteiger partial charge in [0.25, 0.3) is 0 Å². The Labute approximate surface area is 148 Å². The van der Waals surface area contributed by atoms with E-state index >= 15 is 0 Å². The summed E-state index contributed by atoms with van der Waals surface area (Å²) in [6.45, 7) is 22.7. The van der Waals surface area contributed by atoms with Crippen LogP contribution in [-0.4, -0.2) is 35.5 Å². The molecule has 2 heteroatoms. The van der Waals surface area contributed by atoms with Crippen LogP contribution in [0.4, 0.5) is 0 Å². The fourth-order valence-corrected chi connectivity index (χ4v) is 3.28. The summed E-state index contributed by atoms with van der Waals surface area (Å²) < 4.78 is 0. The van der Waals surface area contributed by atoms with Gasteiger partial charge in [-0.15, -0.1) is 0 Å². The summed E-state index contributed by atoms with van der Waals surface area (Å²) in [6, 6.07) is 8.94. The SMILES string of the molecule is C=C(C(C)C)N1CCN(C(=C)/C(C)=C/c2ccccc2C)[C@@H](C)C1. The van der Waals surface area contributed by atoms with Crippen LogP contribution in [0.3, 0.4) is 0 Å². The molecule has 130 valence electrons. The molecule has 1 aromatic carbocycles. The van der Waals surface area contributed by atoms with Gasteiger partial charge in [-0.3, -0.25) is 0 Å². The molecule has 1 aromatic rings. The first-order valence-electron chi connectivity index (χ1n) is 8.94. The number of hydrogen-bond acceptors (Lipinski definition) is 2. The van der Waals surface area contributed by atoms with Crippen LogP contribution >= 0.6 is 0 Å². The van der Waals surface area contributed by atoms with E-state index in [1.165, 1.54) is 22.4 Å². The minimum atomic E-state index is 0.446. The number of hydrogen-bond donors (Lipinski definition) is 0. The van der Waals surface area contributed by atoms with E-state index < -0.39 is 0 Å². The van der Waals surface area contributed by atoms with Crippen molar-refractivity contribution in [2.45, 2.75) is 40.7 Å². The van der Waals surface area contributed by atoms with Gasteiger partial charge in [-0.05, 0) is 49.5 Å². The van der Waals surface area contributed by atoms with E-state index in [2.05, 4.69) is 87.9 Å². The number of piperazine rings is 1. The normalized spacial score (nSPS) is 18.9. The van der Waals surface area contributed by atoms with Crippen molar-refractivity contribution in [1.82, 2.24) is 9.80 Å². The van der Waals surface area contributed by atoms with E-state index in [1.54, 1.807) is 0 Å². The third-order valence-electron chi connectivity index (χ3n) is 5.06. The summed E-state index contributed by atoms with van der Waals surface area (Å²) in [4.78, 5) is 4.87. The molecule has 1 fully saturated rings. The second-order valence-corrected chi connectivity index (χ2v) is 7.27. The maximum absolute atomic E-state index is 4.38. The molecule has 2 nitrogen and oxygen atoms in total. The van der Waals surface area contributed by atoms with Crippen LogP contribution in [0.15, 0.2) is 54.4 Å². The molecule has 0 unspecified atom stereocenters. The van der Waals surface area contributed by atoms with Gasteiger partial charge >= 0.3 is 0 Å². The van der Waals surface area contributed by atoms with Gasteiger partial charge in [-0.25, -0.2) is 0 Å². The molecule has 24 heavy (non-hydrogen) atoms. The summed E-state index contributed by atoms with van der Waals surface area (Å²) >= 11 is 0. The van der Waals surface area contributed by atoms with Crippen LogP contribution in [0.25, 0.3) is 6.08 Å². The highest BCUT2D eigenvalue weighted by molar-refractivity contribution is 5.59. The second kappa shape index (κ2) is 7.74. The lowest BCUT2D eigenvalue weighted by molar-refractivity contribution is 0.132. The molecule has 0 amide bonds. The van der Waals surface area contributed by atoms with Crippen molar-refractivity contribution in [3.05, 3.63) is 65.5 Å². The summed E-state index contributed by atoms with van der Waals surface area (Å²) in [7, 11) is 0. The number of aryl methyl sites for hydroxylation is 1. The Morgan fingerprint density at radius 3 is 2.46 bits per heavy atom. The lowest BCUT2D eigenvalue weighted by atomic mass is 10.0. The Morgan fingerprint density at radius 2 is 1.88 bits per heavy atom.